The Hall–Kier alpha value is -0.730. The Morgan fingerprint density at radius 2 is 2.18 bits per heavy atom. The van der Waals surface area contributed by atoms with E-state index in [0.717, 1.165) is 0 Å². The summed E-state index contributed by atoms with van der Waals surface area (Å²) < 4.78 is 5.55. The number of aliphatic hydroxyl groups excluding tert-OH is 3. The van der Waals surface area contributed by atoms with Gasteiger partial charge in [-0.1, -0.05) is 6.08 Å². The van der Waals surface area contributed by atoms with Crippen LogP contribution in [-0.4, -0.2) is 69.1 Å². The van der Waals surface area contributed by atoms with Crippen LogP contribution in [0.5, 0.6) is 0 Å². The Bertz CT molecular complexity index is 327. The van der Waals surface area contributed by atoms with Crippen molar-refractivity contribution in [2.75, 3.05) is 13.2 Å². The summed E-state index contributed by atoms with van der Waals surface area (Å²) in [5.74, 6) is 0. The van der Waals surface area contributed by atoms with Crippen LogP contribution in [0.1, 0.15) is 0 Å². The molecular formula is C10H16N2O4S. The smallest absolute Gasteiger partial charge is 0.171 e. The van der Waals surface area contributed by atoms with E-state index in [0.29, 0.717) is 11.7 Å². The number of hydrogen-bond donors (Lipinski definition) is 4. The molecular weight excluding hydrogens is 244 g/mol. The first kappa shape index (κ1) is 12.7. The molecule has 6 nitrogen and oxygen atoms in total. The first-order chi connectivity index (χ1) is 8.10. The lowest BCUT2D eigenvalue weighted by Crippen LogP contribution is -2.61. The molecule has 0 spiro atoms. The van der Waals surface area contributed by atoms with Crippen LogP contribution in [-0.2, 0) is 4.74 Å². The molecule has 96 valence electrons. The van der Waals surface area contributed by atoms with E-state index >= 15 is 0 Å². The second kappa shape index (κ2) is 4.87. The normalized spacial score (nSPS) is 41.0. The van der Waals surface area contributed by atoms with Crippen molar-refractivity contribution < 1.29 is 20.1 Å². The van der Waals surface area contributed by atoms with E-state index < -0.39 is 30.6 Å². The molecule has 2 fully saturated rings. The number of ether oxygens (including phenoxy) is 1. The summed E-state index contributed by atoms with van der Waals surface area (Å²) in [4.78, 5) is 1.73. The molecule has 2 rings (SSSR count). The third kappa shape index (κ3) is 2.04. The standard InChI is InChI=1S/C10H16N2O4S/c1-2-3-12-9-6(11-10(12)17)8(15)7(14)5(4-13)16-9/h2,5-9,13-15H,1,3-4H2,(H,11,17)/t5-,6-,7-,8-,9+/m1/s1. The van der Waals surface area contributed by atoms with Crippen LogP contribution in [0.3, 0.4) is 0 Å². The van der Waals surface area contributed by atoms with E-state index in [1.807, 2.05) is 0 Å². The fourth-order valence-electron chi connectivity index (χ4n) is 2.19. The zero-order valence-electron chi connectivity index (χ0n) is 9.19. The van der Waals surface area contributed by atoms with Gasteiger partial charge in [-0.05, 0) is 12.2 Å². The second-order valence-electron chi connectivity index (χ2n) is 4.15. The number of fused-ring (bicyclic) bond motifs is 1. The van der Waals surface area contributed by atoms with Gasteiger partial charge in [0.15, 0.2) is 11.3 Å². The summed E-state index contributed by atoms with van der Waals surface area (Å²) in [6, 6.07) is -0.486. The highest BCUT2D eigenvalue weighted by atomic mass is 32.1. The summed E-state index contributed by atoms with van der Waals surface area (Å²) in [5, 5.41) is 32.1. The molecule has 0 aromatic carbocycles. The molecule has 4 N–H and O–H groups in total. The molecule has 7 heteroatoms. The zero-order valence-corrected chi connectivity index (χ0v) is 10.0. The molecule has 0 aromatic heterocycles. The number of rotatable bonds is 3. The largest absolute Gasteiger partial charge is 0.394 e. The summed E-state index contributed by atoms with van der Waals surface area (Å²) in [7, 11) is 0. The van der Waals surface area contributed by atoms with Gasteiger partial charge in [-0.2, -0.15) is 0 Å². The fourth-order valence-corrected chi connectivity index (χ4v) is 2.50. The monoisotopic (exact) mass is 260 g/mol. The van der Waals surface area contributed by atoms with E-state index in [9.17, 15) is 10.2 Å². The van der Waals surface area contributed by atoms with Crippen molar-refractivity contribution in [1.29, 1.82) is 0 Å². The highest BCUT2D eigenvalue weighted by Crippen LogP contribution is 2.27. The number of nitrogens with one attached hydrogen (secondary N) is 1. The van der Waals surface area contributed by atoms with Crippen LogP contribution in [0, 0.1) is 0 Å². The molecule has 0 unspecified atom stereocenters. The zero-order chi connectivity index (χ0) is 12.6. The van der Waals surface area contributed by atoms with Crippen molar-refractivity contribution in [3.05, 3.63) is 12.7 Å². The van der Waals surface area contributed by atoms with Gasteiger partial charge >= 0.3 is 0 Å². The van der Waals surface area contributed by atoms with E-state index in [2.05, 4.69) is 11.9 Å². The number of thiocarbonyl (C=S) groups is 1. The Morgan fingerprint density at radius 1 is 1.47 bits per heavy atom. The minimum atomic E-state index is -1.12. The highest BCUT2D eigenvalue weighted by Gasteiger charge is 2.50. The van der Waals surface area contributed by atoms with Crippen LogP contribution in [0.25, 0.3) is 0 Å². The van der Waals surface area contributed by atoms with E-state index in [4.69, 9.17) is 22.1 Å². The first-order valence-corrected chi connectivity index (χ1v) is 5.81. The molecule has 2 aliphatic heterocycles. The Labute approximate surface area is 104 Å². The molecule has 0 aliphatic carbocycles. The predicted octanol–water partition coefficient (Wildman–Crippen LogP) is -1.83. The lowest BCUT2D eigenvalue weighted by atomic mass is 9.97. The molecule has 0 aromatic rings. The quantitative estimate of drug-likeness (QED) is 0.351. The molecule has 2 aliphatic rings. The van der Waals surface area contributed by atoms with Gasteiger partial charge in [-0.25, -0.2) is 0 Å². The lowest BCUT2D eigenvalue weighted by molar-refractivity contribution is -0.208. The molecule has 5 atom stereocenters. The van der Waals surface area contributed by atoms with Crippen molar-refractivity contribution in [3.8, 4) is 0 Å². The molecule has 2 saturated heterocycles. The summed E-state index contributed by atoms with van der Waals surface area (Å²) in [5.41, 5.74) is 0. The Balaban J connectivity index is 2.19. The van der Waals surface area contributed by atoms with Crippen molar-refractivity contribution in [2.45, 2.75) is 30.6 Å². The first-order valence-electron chi connectivity index (χ1n) is 5.40. The molecule has 0 radical (unpaired) electrons. The van der Waals surface area contributed by atoms with Crippen LogP contribution in [0.2, 0.25) is 0 Å². The van der Waals surface area contributed by atoms with Gasteiger partial charge < -0.3 is 30.3 Å². The Kier molecular flexibility index (Phi) is 3.64. The molecule has 0 amide bonds. The molecule has 0 bridgehead atoms. The van der Waals surface area contributed by atoms with Crippen LogP contribution in [0.15, 0.2) is 12.7 Å². The van der Waals surface area contributed by atoms with Crippen molar-refractivity contribution >= 4 is 17.3 Å². The topological polar surface area (TPSA) is 85.2 Å². The summed E-state index contributed by atoms with van der Waals surface area (Å²) in [6.45, 7) is 3.75. The van der Waals surface area contributed by atoms with Gasteiger partial charge in [0.25, 0.3) is 0 Å². The van der Waals surface area contributed by atoms with Crippen molar-refractivity contribution in [1.82, 2.24) is 10.2 Å². The van der Waals surface area contributed by atoms with E-state index in [1.165, 1.54) is 0 Å². The average molecular weight is 260 g/mol. The van der Waals surface area contributed by atoms with Crippen molar-refractivity contribution in [3.63, 3.8) is 0 Å². The second-order valence-corrected chi connectivity index (χ2v) is 4.53. The van der Waals surface area contributed by atoms with Crippen LogP contribution in [0.4, 0.5) is 0 Å². The predicted molar refractivity (Wildman–Crippen MR) is 64.2 cm³/mol. The maximum atomic E-state index is 9.94. The minimum Gasteiger partial charge on any atom is -0.394 e. The third-order valence-corrected chi connectivity index (χ3v) is 3.44. The fraction of sp³-hybridized carbons (Fsp3) is 0.700. The van der Waals surface area contributed by atoms with Crippen LogP contribution < -0.4 is 5.32 Å². The molecule has 0 saturated carbocycles. The van der Waals surface area contributed by atoms with Gasteiger partial charge in [0.1, 0.15) is 24.4 Å². The van der Waals surface area contributed by atoms with Gasteiger partial charge in [0, 0.05) is 6.54 Å². The third-order valence-electron chi connectivity index (χ3n) is 3.08. The van der Waals surface area contributed by atoms with Gasteiger partial charge in [-0.15, -0.1) is 6.58 Å². The van der Waals surface area contributed by atoms with Crippen molar-refractivity contribution in [2.24, 2.45) is 0 Å². The van der Waals surface area contributed by atoms with Crippen LogP contribution >= 0.6 is 12.2 Å². The SMILES string of the molecule is C=CCN1C(=S)N[C@@H]2[C@@H](O)[C@H](O)[C@@H](CO)O[C@@H]21. The number of aliphatic hydroxyl groups is 3. The molecule has 17 heavy (non-hydrogen) atoms. The number of nitrogens with zero attached hydrogens (tertiary/aromatic N) is 1. The average Bonchev–Trinajstić information content (AvgIpc) is 2.62. The van der Waals surface area contributed by atoms with Gasteiger partial charge in [0.05, 0.1) is 6.61 Å². The van der Waals surface area contributed by atoms with Gasteiger partial charge in [0.2, 0.25) is 0 Å². The summed E-state index contributed by atoms with van der Waals surface area (Å²) in [6.07, 6.45) is -1.78. The van der Waals surface area contributed by atoms with E-state index in [1.54, 1.807) is 11.0 Å². The number of hydrogen-bond acceptors (Lipinski definition) is 5. The maximum absolute atomic E-state index is 9.94. The Morgan fingerprint density at radius 3 is 2.76 bits per heavy atom. The highest BCUT2D eigenvalue weighted by molar-refractivity contribution is 7.80. The lowest BCUT2D eigenvalue weighted by Gasteiger charge is -2.40. The van der Waals surface area contributed by atoms with E-state index in [-0.39, 0.29) is 6.61 Å². The summed E-state index contributed by atoms with van der Waals surface area (Å²) >= 11 is 5.12. The van der Waals surface area contributed by atoms with Gasteiger partial charge in [-0.3, -0.25) is 0 Å². The molecule has 2 heterocycles. The maximum Gasteiger partial charge on any atom is 0.171 e. The minimum absolute atomic E-state index is 0.351.